The third-order valence-electron chi connectivity index (χ3n) is 3.98. The van der Waals surface area contributed by atoms with E-state index >= 15 is 0 Å². The second-order valence-electron chi connectivity index (χ2n) is 5.78. The Kier molecular flexibility index (Phi) is 3.06. The maximum atomic E-state index is 11.8. The fraction of sp³-hybridized carbons (Fsp3) is 0.786. The summed E-state index contributed by atoms with van der Waals surface area (Å²) in [4.78, 5) is 11.8. The van der Waals surface area contributed by atoms with Crippen LogP contribution in [-0.4, -0.2) is 23.6 Å². The molecule has 0 bridgehead atoms. The largest absolute Gasteiger partial charge is 0.492 e. The highest BCUT2D eigenvalue weighted by molar-refractivity contribution is 5.95. The topological polar surface area (TPSA) is 35.5 Å². The Morgan fingerprint density at radius 1 is 1.35 bits per heavy atom. The predicted molar refractivity (Wildman–Crippen MR) is 65.6 cm³/mol. The lowest BCUT2D eigenvalue weighted by Crippen LogP contribution is -2.51. The Morgan fingerprint density at radius 3 is 2.59 bits per heavy atom. The van der Waals surface area contributed by atoms with Gasteiger partial charge < -0.3 is 9.47 Å². The Balaban J connectivity index is 2.41. The molecular formula is C14H22O3. The first-order valence-electron chi connectivity index (χ1n) is 6.39. The van der Waals surface area contributed by atoms with Gasteiger partial charge in [0.15, 0.2) is 5.78 Å². The number of rotatable bonds is 1. The van der Waals surface area contributed by atoms with Gasteiger partial charge >= 0.3 is 0 Å². The minimum Gasteiger partial charge on any atom is -0.492 e. The number of fused-ring (bicyclic) bond motifs is 1. The molecule has 0 aromatic heterocycles. The van der Waals surface area contributed by atoms with Gasteiger partial charge in [-0.05, 0) is 47.5 Å². The van der Waals surface area contributed by atoms with E-state index in [1.165, 1.54) is 0 Å². The molecule has 0 aliphatic carbocycles. The maximum absolute atomic E-state index is 11.8. The lowest BCUT2D eigenvalue weighted by atomic mass is 9.74. The van der Waals surface area contributed by atoms with Crippen molar-refractivity contribution in [2.75, 3.05) is 0 Å². The number of hydrogen-bond donors (Lipinski definition) is 0. The molecule has 2 rings (SSSR count). The van der Waals surface area contributed by atoms with Gasteiger partial charge in [0.2, 0.25) is 0 Å². The molecule has 1 fully saturated rings. The van der Waals surface area contributed by atoms with Crippen LogP contribution in [0.3, 0.4) is 0 Å². The van der Waals surface area contributed by atoms with Crippen LogP contribution < -0.4 is 0 Å². The number of Topliss-reactive ketones (excluding diaryl/α,β-unsaturated/α-hetero) is 1. The van der Waals surface area contributed by atoms with Crippen LogP contribution in [0.4, 0.5) is 0 Å². The molecule has 96 valence electrons. The fourth-order valence-electron chi connectivity index (χ4n) is 3.13. The molecule has 0 aromatic carbocycles. The van der Waals surface area contributed by atoms with Gasteiger partial charge in [-0.1, -0.05) is 0 Å². The van der Waals surface area contributed by atoms with E-state index in [0.29, 0.717) is 0 Å². The van der Waals surface area contributed by atoms with Crippen molar-refractivity contribution >= 4 is 5.78 Å². The highest BCUT2D eigenvalue weighted by Crippen LogP contribution is 2.44. The molecule has 0 aromatic rings. The van der Waals surface area contributed by atoms with Crippen LogP contribution >= 0.6 is 0 Å². The van der Waals surface area contributed by atoms with Crippen molar-refractivity contribution in [3.63, 3.8) is 0 Å². The summed E-state index contributed by atoms with van der Waals surface area (Å²) in [6, 6.07) is 0. The van der Waals surface area contributed by atoms with Crippen LogP contribution in [0.5, 0.6) is 0 Å². The number of ether oxygens (including phenoxy) is 2. The van der Waals surface area contributed by atoms with Gasteiger partial charge in [0.05, 0.1) is 17.8 Å². The Morgan fingerprint density at radius 2 is 2.00 bits per heavy atom. The molecule has 1 saturated heterocycles. The average molecular weight is 238 g/mol. The second-order valence-corrected chi connectivity index (χ2v) is 5.78. The highest BCUT2D eigenvalue weighted by atomic mass is 16.5. The molecule has 2 aliphatic rings. The van der Waals surface area contributed by atoms with Crippen molar-refractivity contribution in [3.05, 3.63) is 11.3 Å². The molecule has 3 nitrogen and oxygen atoms in total. The van der Waals surface area contributed by atoms with Gasteiger partial charge in [0.1, 0.15) is 11.4 Å². The molecule has 17 heavy (non-hydrogen) atoms. The maximum Gasteiger partial charge on any atom is 0.161 e. The van der Waals surface area contributed by atoms with Crippen molar-refractivity contribution in [1.82, 2.24) is 0 Å². The van der Waals surface area contributed by atoms with E-state index in [9.17, 15) is 4.79 Å². The third kappa shape index (κ3) is 2.13. The zero-order chi connectivity index (χ0) is 12.8. The Hall–Kier alpha value is -0.830. The van der Waals surface area contributed by atoms with Crippen LogP contribution in [0.15, 0.2) is 11.3 Å². The number of hydrogen-bond acceptors (Lipinski definition) is 3. The van der Waals surface area contributed by atoms with E-state index in [4.69, 9.17) is 9.47 Å². The summed E-state index contributed by atoms with van der Waals surface area (Å²) in [7, 11) is 0. The van der Waals surface area contributed by atoms with Gasteiger partial charge in [-0.15, -0.1) is 0 Å². The van der Waals surface area contributed by atoms with Gasteiger partial charge in [-0.3, -0.25) is 4.79 Å². The molecule has 2 aliphatic heterocycles. The zero-order valence-corrected chi connectivity index (χ0v) is 11.4. The van der Waals surface area contributed by atoms with E-state index < -0.39 is 0 Å². The van der Waals surface area contributed by atoms with E-state index in [-0.39, 0.29) is 29.5 Å². The highest BCUT2D eigenvalue weighted by Gasteiger charge is 2.48. The van der Waals surface area contributed by atoms with E-state index in [1.807, 2.05) is 6.92 Å². The molecule has 0 spiro atoms. The normalized spacial score (nSPS) is 36.2. The minimum absolute atomic E-state index is 0.0714. The summed E-state index contributed by atoms with van der Waals surface area (Å²) < 4.78 is 11.9. The monoisotopic (exact) mass is 238 g/mol. The van der Waals surface area contributed by atoms with Crippen LogP contribution in [0.2, 0.25) is 0 Å². The van der Waals surface area contributed by atoms with Crippen molar-refractivity contribution in [3.8, 4) is 0 Å². The number of allylic oxidation sites excluding steroid dienone is 1. The first kappa shape index (κ1) is 12.6. The van der Waals surface area contributed by atoms with Gasteiger partial charge in [-0.2, -0.15) is 0 Å². The summed E-state index contributed by atoms with van der Waals surface area (Å²) in [5.41, 5.74) is 0.495. The Labute approximate surface area is 103 Å². The van der Waals surface area contributed by atoms with Crippen molar-refractivity contribution in [1.29, 1.82) is 0 Å². The van der Waals surface area contributed by atoms with Gasteiger partial charge in [-0.25, -0.2) is 0 Å². The quantitative estimate of drug-likeness (QED) is 0.704. The van der Waals surface area contributed by atoms with Gasteiger partial charge in [0.25, 0.3) is 0 Å². The molecule has 2 heterocycles. The van der Waals surface area contributed by atoms with Crippen LogP contribution in [0, 0.1) is 5.92 Å². The molecule has 0 amide bonds. The lowest BCUT2D eigenvalue weighted by Gasteiger charge is -2.48. The zero-order valence-electron chi connectivity index (χ0n) is 11.4. The molecule has 3 heteroatoms. The summed E-state index contributed by atoms with van der Waals surface area (Å²) in [6.45, 7) is 9.72. The fourth-order valence-corrected chi connectivity index (χ4v) is 3.13. The van der Waals surface area contributed by atoms with Crippen molar-refractivity contribution < 1.29 is 14.3 Å². The average Bonchev–Trinajstić information content (AvgIpc) is 2.14. The summed E-state index contributed by atoms with van der Waals surface area (Å²) in [6.07, 6.45) is 2.24. The van der Waals surface area contributed by atoms with Crippen molar-refractivity contribution in [2.45, 2.75) is 65.3 Å². The van der Waals surface area contributed by atoms with Gasteiger partial charge in [0, 0.05) is 5.92 Å². The van der Waals surface area contributed by atoms with E-state index in [1.54, 1.807) is 6.92 Å². The number of carbonyl (C=O) groups excluding carboxylic acids is 1. The third-order valence-corrected chi connectivity index (χ3v) is 3.98. The molecule has 3 atom stereocenters. The standard InChI is InChI=1S/C14H22O3/c1-8-6-7-11-13(16-8)12(9(2)15)10(3)17-14(11,4)5/h8,11,13H,6-7H2,1-5H3/t8-,11-,13-/m0/s1. The molecular weight excluding hydrogens is 216 g/mol. The van der Waals surface area contributed by atoms with Crippen LogP contribution in [-0.2, 0) is 14.3 Å². The van der Waals surface area contributed by atoms with Crippen LogP contribution in [0.25, 0.3) is 0 Å². The first-order valence-corrected chi connectivity index (χ1v) is 6.39. The molecule has 0 radical (unpaired) electrons. The smallest absolute Gasteiger partial charge is 0.161 e. The minimum atomic E-state index is -0.242. The van der Waals surface area contributed by atoms with E-state index in [2.05, 4.69) is 20.8 Å². The van der Waals surface area contributed by atoms with Crippen LogP contribution in [0.1, 0.15) is 47.5 Å². The number of ketones is 1. The first-order chi connectivity index (χ1) is 7.83. The van der Waals surface area contributed by atoms with E-state index in [0.717, 1.165) is 24.2 Å². The second kappa shape index (κ2) is 4.13. The SMILES string of the molecule is CC(=O)C1=C(C)OC(C)(C)[C@H]2CC[C@H](C)O[C@H]12. The predicted octanol–water partition coefficient (Wildman–Crippen LogP) is 2.84. The summed E-state index contributed by atoms with van der Waals surface area (Å²) in [5, 5.41) is 0. The lowest BCUT2D eigenvalue weighted by molar-refractivity contribution is -0.152. The van der Waals surface area contributed by atoms with Crippen molar-refractivity contribution in [2.24, 2.45) is 5.92 Å². The molecule has 0 saturated carbocycles. The summed E-state index contributed by atoms with van der Waals surface area (Å²) in [5.74, 6) is 1.08. The number of carbonyl (C=O) groups is 1. The molecule has 0 unspecified atom stereocenters. The Bertz CT molecular complexity index is 368. The molecule has 0 N–H and O–H groups in total. The summed E-state index contributed by atoms with van der Waals surface area (Å²) >= 11 is 0.